The Balaban J connectivity index is 2.95. The fraction of sp³-hybridized carbons (Fsp3) is 0.600. The lowest BCUT2D eigenvalue weighted by Crippen LogP contribution is -2.31. The maximum Gasteiger partial charge on any atom is -0.0230 e. The highest BCUT2D eigenvalue weighted by Crippen LogP contribution is 2.39. The van der Waals surface area contributed by atoms with E-state index in [0.717, 1.165) is 23.5 Å². The van der Waals surface area contributed by atoms with Crippen molar-refractivity contribution in [2.45, 2.75) is 54.9 Å². The van der Waals surface area contributed by atoms with E-state index in [1.807, 2.05) is 0 Å². The number of rotatable bonds is 4. The topological polar surface area (TPSA) is 0 Å². The van der Waals surface area contributed by atoms with Gasteiger partial charge in [-0.05, 0) is 47.0 Å². The van der Waals surface area contributed by atoms with E-state index in [9.17, 15) is 0 Å². The lowest BCUT2D eigenvalue weighted by atomic mass is 9.67. The van der Waals surface area contributed by atoms with Crippen LogP contribution in [-0.2, 0) is 0 Å². The Morgan fingerprint density at radius 2 is 1.75 bits per heavy atom. The van der Waals surface area contributed by atoms with Crippen molar-refractivity contribution in [3.05, 3.63) is 34.2 Å². The standard InChI is InChI=1S/C20H32/c1-14(2)19(20(6,7)8)16(4)10-12-18-11-9-15(3)13-17(18)5/h9,11-14,16,19H,5,10H2,1-4,6-8H3/b18-12-. The lowest BCUT2D eigenvalue weighted by molar-refractivity contribution is 0.117. The number of aryl methyl sites for hydroxylation is 1. The zero-order valence-electron chi connectivity index (χ0n) is 14.5. The average Bonchev–Trinajstić information content (AvgIpc) is 2.25. The van der Waals surface area contributed by atoms with Gasteiger partial charge in [0.15, 0.2) is 0 Å². The molecule has 0 heterocycles. The van der Waals surface area contributed by atoms with Crippen LogP contribution in [-0.4, -0.2) is 0 Å². The van der Waals surface area contributed by atoms with Crippen LogP contribution in [0.1, 0.15) is 53.5 Å². The second kappa shape index (κ2) is 6.61. The zero-order chi connectivity index (χ0) is 15.5. The van der Waals surface area contributed by atoms with Gasteiger partial charge in [-0.25, -0.2) is 0 Å². The minimum Gasteiger partial charge on any atom is -0.0912 e. The lowest BCUT2D eigenvalue weighted by Gasteiger charge is -2.38. The van der Waals surface area contributed by atoms with Crippen LogP contribution >= 0.6 is 0 Å². The number of hydrogen-bond donors (Lipinski definition) is 0. The molecule has 0 spiro atoms. The Labute approximate surface area is 125 Å². The molecule has 0 bridgehead atoms. The number of benzene rings is 1. The SMILES string of the molecule is C=c1cc(C)cc/c1=C/CC(C)C(C(C)C)C(C)(C)C. The molecule has 0 aliphatic heterocycles. The van der Waals surface area contributed by atoms with Crippen LogP contribution in [0.15, 0.2) is 18.2 Å². The van der Waals surface area contributed by atoms with Gasteiger partial charge in [-0.1, -0.05) is 78.0 Å². The molecule has 1 rings (SSSR count). The Morgan fingerprint density at radius 3 is 2.20 bits per heavy atom. The van der Waals surface area contributed by atoms with Crippen molar-refractivity contribution in [2.75, 3.05) is 0 Å². The van der Waals surface area contributed by atoms with Gasteiger partial charge in [0.25, 0.3) is 0 Å². The van der Waals surface area contributed by atoms with Crippen LogP contribution in [0.4, 0.5) is 0 Å². The predicted molar refractivity (Wildman–Crippen MR) is 92.0 cm³/mol. The summed E-state index contributed by atoms with van der Waals surface area (Å²) < 4.78 is 0. The quantitative estimate of drug-likeness (QED) is 0.755. The third-order valence-electron chi connectivity index (χ3n) is 4.34. The van der Waals surface area contributed by atoms with E-state index in [-0.39, 0.29) is 0 Å². The predicted octanol–water partition coefficient (Wildman–Crippen LogP) is 4.53. The molecule has 1 aromatic carbocycles. The van der Waals surface area contributed by atoms with Crippen LogP contribution in [0, 0.1) is 30.1 Å². The van der Waals surface area contributed by atoms with Crippen molar-refractivity contribution in [3.8, 4) is 0 Å². The summed E-state index contributed by atoms with van der Waals surface area (Å²) in [5, 5.41) is 2.44. The molecule has 0 aromatic heterocycles. The third kappa shape index (κ3) is 4.51. The maximum absolute atomic E-state index is 4.16. The summed E-state index contributed by atoms with van der Waals surface area (Å²) in [7, 11) is 0. The molecule has 20 heavy (non-hydrogen) atoms. The van der Waals surface area contributed by atoms with E-state index in [0.29, 0.717) is 11.3 Å². The Morgan fingerprint density at radius 1 is 1.15 bits per heavy atom. The van der Waals surface area contributed by atoms with E-state index < -0.39 is 0 Å². The van der Waals surface area contributed by atoms with Crippen LogP contribution in [0.5, 0.6) is 0 Å². The summed E-state index contributed by atoms with van der Waals surface area (Å²) in [5.41, 5.74) is 1.65. The van der Waals surface area contributed by atoms with Crippen molar-refractivity contribution in [2.24, 2.45) is 23.2 Å². The van der Waals surface area contributed by atoms with Gasteiger partial charge in [0.05, 0.1) is 0 Å². The van der Waals surface area contributed by atoms with Crippen LogP contribution < -0.4 is 10.4 Å². The molecule has 0 aliphatic rings. The first kappa shape index (κ1) is 17.0. The van der Waals surface area contributed by atoms with Gasteiger partial charge in [0.1, 0.15) is 0 Å². The molecule has 0 N–H and O–H groups in total. The van der Waals surface area contributed by atoms with Gasteiger partial charge in [0, 0.05) is 0 Å². The Kier molecular flexibility index (Phi) is 5.62. The summed E-state index contributed by atoms with van der Waals surface area (Å²) in [6.45, 7) is 20.5. The van der Waals surface area contributed by atoms with Crippen LogP contribution in [0.3, 0.4) is 0 Å². The molecule has 0 nitrogen and oxygen atoms in total. The molecule has 0 aliphatic carbocycles. The third-order valence-corrected chi connectivity index (χ3v) is 4.34. The zero-order valence-corrected chi connectivity index (χ0v) is 14.5. The van der Waals surface area contributed by atoms with Crippen molar-refractivity contribution < 1.29 is 0 Å². The summed E-state index contributed by atoms with van der Waals surface area (Å²) in [6, 6.07) is 6.54. The van der Waals surface area contributed by atoms with Crippen molar-refractivity contribution >= 4 is 12.7 Å². The highest BCUT2D eigenvalue weighted by Gasteiger charge is 2.31. The molecule has 2 atom stereocenters. The van der Waals surface area contributed by atoms with Crippen molar-refractivity contribution in [1.82, 2.24) is 0 Å². The second-order valence-corrected chi connectivity index (χ2v) is 7.76. The average molecular weight is 272 g/mol. The van der Waals surface area contributed by atoms with Gasteiger partial charge < -0.3 is 0 Å². The smallest absolute Gasteiger partial charge is 0.0230 e. The minimum atomic E-state index is 0.363. The Bertz CT molecular complexity index is 528. The molecular weight excluding hydrogens is 240 g/mol. The molecule has 0 heteroatoms. The summed E-state index contributed by atoms with van der Waals surface area (Å²) in [6.07, 6.45) is 3.50. The molecule has 0 saturated carbocycles. The van der Waals surface area contributed by atoms with Crippen LogP contribution in [0.2, 0.25) is 0 Å². The molecule has 0 radical (unpaired) electrons. The Hall–Kier alpha value is -1.04. The van der Waals surface area contributed by atoms with E-state index in [1.165, 1.54) is 10.8 Å². The van der Waals surface area contributed by atoms with E-state index in [4.69, 9.17) is 0 Å². The maximum atomic E-state index is 4.16. The number of hydrogen-bond acceptors (Lipinski definition) is 0. The van der Waals surface area contributed by atoms with E-state index in [2.05, 4.69) is 79.3 Å². The highest BCUT2D eigenvalue weighted by molar-refractivity contribution is 5.29. The van der Waals surface area contributed by atoms with E-state index in [1.54, 1.807) is 0 Å². The fourth-order valence-corrected chi connectivity index (χ4v) is 3.90. The van der Waals surface area contributed by atoms with Crippen LogP contribution in [0.25, 0.3) is 12.7 Å². The molecule has 0 saturated heterocycles. The molecule has 0 fully saturated rings. The molecule has 1 aromatic rings. The first-order valence-electron chi connectivity index (χ1n) is 7.88. The van der Waals surface area contributed by atoms with Crippen molar-refractivity contribution in [1.29, 1.82) is 0 Å². The largest absolute Gasteiger partial charge is 0.0912 e. The summed E-state index contributed by atoms with van der Waals surface area (Å²) in [4.78, 5) is 0. The second-order valence-electron chi connectivity index (χ2n) is 7.76. The summed E-state index contributed by atoms with van der Waals surface area (Å²) in [5.74, 6) is 2.14. The normalized spacial score (nSPS) is 16.5. The van der Waals surface area contributed by atoms with Gasteiger partial charge in [0.2, 0.25) is 0 Å². The van der Waals surface area contributed by atoms with E-state index >= 15 is 0 Å². The first-order valence-corrected chi connectivity index (χ1v) is 7.88. The van der Waals surface area contributed by atoms with Gasteiger partial charge in [-0.15, -0.1) is 0 Å². The monoisotopic (exact) mass is 272 g/mol. The van der Waals surface area contributed by atoms with Crippen molar-refractivity contribution in [3.63, 3.8) is 0 Å². The van der Waals surface area contributed by atoms with Gasteiger partial charge in [-0.2, -0.15) is 0 Å². The fourth-order valence-electron chi connectivity index (χ4n) is 3.90. The molecule has 2 unspecified atom stereocenters. The highest BCUT2D eigenvalue weighted by atomic mass is 14.4. The van der Waals surface area contributed by atoms with Gasteiger partial charge in [-0.3, -0.25) is 0 Å². The van der Waals surface area contributed by atoms with Gasteiger partial charge >= 0.3 is 0 Å². The minimum absolute atomic E-state index is 0.363. The summed E-state index contributed by atoms with van der Waals surface area (Å²) >= 11 is 0. The molecular formula is C20H32. The first-order chi connectivity index (χ1) is 9.12. The molecule has 0 amide bonds. The molecule has 112 valence electrons.